The zero-order valence-corrected chi connectivity index (χ0v) is 6.62. The van der Waals surface area contributed by atoms with Gasteiger partial charge >= 0.3 is 18.9 Å². The maximum Gasteiger partial charge on any atom is 1.00 e. The second kappa shape index (κ2) is 3.74. The van der Waals surface area contributed by atoms with Crippen LogP contribution in [0.1, 0.15) is 0 Å². The van der Waals surface area contributed by atoms with Gasteiger partial charge in [0.15, 0.2) is 0 Å². The third kappa shape index (κ3) is 10.8. The Morgan fingerprint density at radius 1 is 1.43 bits per heavy atom. The summed E-state index contributed by atoms with van der Waals surface area (Å²) in [6.45, 7) is 7.90. The Morgan fingerprint density at radius 2 is 1.57 bits per heavy atom. The van der Waals surface area contributed by atoms with Gasteiger partial charge in [0, 0.05) is 15.4 Å². The van der Waals surface area contributed by atoms with Crippen LogP contribution >= 0.6 is 0 Å². The molecule has 0 radical (unpaired) electrons. The summed E-state index contributed by atoms with van der Waals surface area (Å²) < 4.78 is 4.97. The third-order valence-electron chi connectivity index (χ3n) is 0.553. The number of hydrogen-bond acceptors (Lipinski definition) is 1. The van der Waals surface area contributed by atoms with Gasteiger partial charge in [-0.3, -0.25) is 0 Å². The van der Waals surface area contributed by atoms with E-state index in [1.165, 1.54) is 0 Å². The van der Waals surface area contributed by atoms with E-state index in [-0.39, 0.29) is 18.9 Å². The van der Waals surface area contributed by atoms with Crippen molar-refractivity contribution in [2.45, 2.75) is 13.1 Å². The summed E-state index contributed by atoms with van der Waals surface area (Å²) in [7, 11) is 0.326. The van der Waals surface area contributed by atoms with Crippen LogP contribution in [-0.2, 0) is 4.43 Å². The predicted molar refractivity (Wildman–Crippen MR) is 29.8 cm³/mol. The summed E-state index contributed by atoms with van der Waals surface area (Å²) in [5.41, 5.74) is 0. The Morgan fingerprint density at radius 3 is 1.57 bits per heavy atom. The largest absolute Gasteiger partial charge is 1.00 e. The van der Waals surface area contributed by atoms with Crippen molar-refractivity contribution in [2.24, 2.45) is 0 Å². The second-order valence-corrected chi connectivity index (χ2v) is 5.89. The van der Waals surface area contributed by atoms with Crippen molar-refractivity contribution in [3.05, 3.63) is 6.55 Å². The molecule has 0 unspecified atom stereocenters. The molecule has 0 saturated carbocycles. The molecule has 0 amide bonds. The van der Waals surface area contributed by atoms with Crippen molar-refractivity contribution in [3.8, 4) is 0 Å². The van der Waals surface area contributed by atoms with Gasteiger partial charge in [0.1, 0.15) is 0 Å². The van der Waals surface area contributed by atoms with Crippen LogP contribution in [0.25, 0.3) is 0 Å². The van der Waals surface area contributed by atoms with E-state index >= 15 is 0 Å². The Balaban J connectivity index is 0. The number of hydrogen-bond donors (Lipinski definition) is 0. The topological polar surface area (TPSA) is 9.23 Å². The quantitative estimate of drug-likeness (QED) is 0.286. The first-order valence-corrected chi connectivity index (χ1v) is 5.08. The Kier molecular flexibility index (Phi) is 5.71. The molecular formula is C4H11LiOSi. The summed E-state index contributed by atoms with van der Waals surface area (Å²) in [6.07, 6.45) is 0. The molecule has 0 fully saturated rings. The first-order valence-electron chi connectivity index (χ1n) is 1.97. The minimum absolute atomic E-state index is 0. The minimum Gasteiger partial charge on any atom is -0.452 e. The van der Waals surface area contributed by atoms with Crippen LogP contribution in [0.2, 0.25) is 13.1 Å². The molecule has 0 aromatic rings. The molecule has 3 heteroatoms. The zero-order valence-electron chi connectivity index (χ0n) is 5.62. The molecule has 0 bridgehead atoms. The molecule has 1 nitrogen and oxygen atoms in total. The summed E-state index contributed by atoms with van der Waals surface area (Å²) >= 11 is 0. The van der Waals surface area contributed by atoms with Crippen LogP contribution in [0.4, 0.5) is 0 Å². The van der Waals surface area contributed by atoms with E-state index in [0.29, 0.717) is 0 Å². The van der Waals surface area contributed by atoms with E-state index in [4.69, 9.17) is 4.43 Å². The normalized spacial score (nSPS) is 10.3. The van der Waals surface area contributed by atoms with Crippen molar-refractivity contribution in [1.82, 2.24) is 0 Å². The van der Waals surface area contributed by atoms with Crippen LogP contribution in [-0.4, -0.2) is 15.4 Å². The van der Waals surface area contributed by atoms with E-state index < -0.39 is 8.32 Å². The average Bonchev–Trinajstić information content (AvgIpc) is 1.35. The van der Waals surface area contributed by atoms with Crippen LogP contribution < -0.4 is 18.9 Å². The maximum atomic E-state index is 4.97. The Bertz CT molecular complexity index is 41.4. The summed E-state index contributed by atoms with van der Waals surface area (Å²) in [6, 6.07) is 0. The maximum absolute atomic E-state index is 4.97. The minimum atomic E-state index is -1.38. The molecule has 0 spiro atoms. The van der Waals surface area contributed by atoms with Crippen LogP contribution in [0.3, 0.4) is 0 Å². The summed E-state index contributed by atoms with van der Waals surface area (Å²) in [4.78, 5) is 0. The Labute approximate surface area is 58.7 Å². The van der Waals surface area contributed by atoms with Crippen molar-refractivity contribution < 1.29 is 23.3 Å². The van der Waals surface area contributed by atoms with Gasteiger partial charge in [0.25, 0.3) is 0 Å². The second-order valence-electron chi connectivity index (χ2n) is 1.96. The summed E-state index contributed by atoms with van der Waals surface area (Å²) in [5.74, 6) is 0. The molecule has 0 aliphatic rings. The van der Waals surface area contributed by atoms with Crippen molar-refractivity contribution >= 4 is 8.32 Å². The molecule has 0 aromatic heterocycles. The average molecular weight is 110 g/mol. The Hall–Kier alpha value is 0.774. The number of rotatable bonds is 1. The molecule has 38 valence electrons. The van der Waals surface area contributed by atoms with Gasteiger partial charge in [-0.15, -0.1) is 0 Å². The molecule has 0 atom stereocenters. The van der Waals surface area contributed by atoms with Crippen LogP contribution in [0, 0.1) is 6.55 Å². The van der Waals surface area contributed by atoms with E-state index in [0.717, 1.165) is 0 Å². The van der Waals surface area contributed by atoms with E-state index in [9.17, 15) is 0 Å². The molecule has 0 N–H and O–H groups in total. The van der Waals surface area contributed by atoms with Crippen molar-refractivity contribution in [1.29, 1.82) is 0 Å². The van der Waals surface area contributed by atoms with Gasteiger partial charge in [0.2, 0.25) is 0 Å². The molecule has 7 heavy (non-hydrogen) atoms. The summed E-state index contributed by atoms with van der Waals surface area (Å²) in [5, 5.41) is 0. The van der Waals surface area contributed by atoms with Crippen molar-refractivity contribution in [3.63, 3.8) is 0 Å². The van der Waals surface area contributed by atoms with Gasteiger partial charge in [-0.25, -0.2) is 0 Å². The zero-order chi connectivity index (χ0) is 5.21. The van der Waals surface area contributed by atoms with E-state index in [1.54, 1.807) is 7.11 Å². The fourth-order valence-electron chi connectivity index (χ4n) is 0. The van der Waals surface area contributed by atoms with Crippen LogP contribution in [0.5, 0.6) is 0 Å². The fraction of sp³-hybridized carbons (Fsp3) is 0.750. The van der Waals surface area contributed by atoms with Gasteiger partial charge in [-0.2, -0.15) is 0 Å². The molecule has 0 rings (SSSR count). The first-order chi connectivity index (χ1) is 2.56. The molecular weight excluding hydrogens is 99.1 g/mol. The van der Waals surface area contributed by atoms with E-state index in [1.807, 2.05) is 13.1 Å². The first kappa shape index (κ1) is 10.7. The van der Waals surface area contributed by atoms with E-state index in [2.05, 4.69) is 6.55 Å². The molecule has 0 aliphatic heterocycles. The third-order valence-corrected chi connectivity index (χ3v) is 1.66. The van der Waals surface area contributed by atoms with Gasteiger partial charge < -0.3 is 11.0 Å². The van der Waals surface area contributed by atoms with Crippen molar-refractivity contribution in [2.75, 3.05) is 7.11 Å². The smallest absolute Gasteiger partial charge is 0.452 e. The van der Waals surface area contributed by atoms with Gasteiger partial charge in [-0.05, 0) is 0 Å². The molecule has 0 aliphatic carbocycles. The van der Waals surface area contributed by atoms with Gasteiger partial charge in [0.05, 0.1) is 0 Å². The monoisotopic (exact) mass is 110 g/mol. The predicted octanol–water partition coefficient (Wildman–Crippen LogP) is -1.78. The molecule has 0 saturated heterocycles. The molecule has 0 aromatic carbocycles. The van der Waals surface area contributed by atoms with Gasteiger partial charge in [-0.1, -0.05) is 13.1 Å². The standard InChI is InChI=1S/C4H11OSi.Li/c1-5-6(2,3)4;/h2H2,1,3-4H3;/q-1;+1. The van der Waals surface area contributed by atoms with Crippen LogP contribution in [0.15, 0.2) is 0 Å². The fourth-order valence-corrected chi connectivity index (χ4v) is 0. The SMILES string of the molecule is [CH2-][Si](C)(C)OC.[Li+]. The molecule has 0 heterocycles.